The first-order valence-electron chi connectivity index (χ1n) is 7.85. The molecule has 2 aliphatic heterocycles. The van der Waals surface area contributed by atoms with Gasteiger partial charge in [0.15, 0.2) is 0 Å². The number of aryl methyl sites for hydroxylation is 1. The molecule has 2 nitrogen and oxygen atoms in total. The zero-order valence-electron chi connectivity index (χ0n) is 13.7. The summed E-state index contributed by atoms with van der Waals surface area (Å²) >= 11 is 0. The number of likely N-dealkylation sites (tertiary alicyclic amines) is 1. The van der Waals surface area contributed by atoms with Crippen molar-refractivity contribution in [1.82, 2.24) is 4.90 Å². The summed E-state index contributed by atoms with van der Waals surface area (Å²) in [6.07, 6.45) is -1.40. The molecule has 120 valence electrons. The van der Waals surface area contributed by atoms with E-state index < -0.39 is 6.43 Å². The van der Waals surface area contributed by atoms with Gasteiger partial charge in [-0.05, 0) is 18.6 Å². The van der Waals surface area contributed by atoms with Crippen LogP contribution >= 0.6 is 0 Å². The van der Waals surface area contributed by atoms with Crippen LogP contribution in [0.2, 0.25) is 0 Å². The van der Waals surface area contributed by atoms with E-state index in [1.807, 2.05) is 39.8 Å². The van der Waals surface area contributed by atoms with E-state index in [1.165, 1.54) is 11.1 Å². The second-order valence-electron chi connectivity index (χ2n) is 5.13. The minimum atomic E-state index is -2.25. The first kappa shape index (κ1) is 17.9. The summed E-state index contributed by atoms with van der Waals surface area (Å²) in [7, 11) is 0. The van der Waals surface area contributed by atoms with Crippen molar-refractivity contribution in [2.24, 2.45) is 0 Å². The number of halogens is 2. The first-order valence-corrected chi connectivity index (χ1v) is 7.85. The fourth-order valence-corrected chi connectivity index (χ4v) is 2.83. The molecule has 0 bridgehead atoms. The van der Waals surface area contributed by atoms with Gasteiger partial charge in [-0.2, -0.15) is 0 Å². The SMILES string of the molecule is CC.CC.Cc1ccc2c(c1)CC1(CN(CC(F)F)C1)O2. The Balaban J connectivity index is 0.000000510. The van der Waals surface area contributed by atoms with Crippen LogP contribution in [0.1, 0.15) is 38.8 Å². The van der Waals surface area contributed by atoms with E-state index in [1.54, 1.807) is 4.90 Å². The number of nitrogens with zero attached hydrogens (tertiary/aromatic N) is 1. The van der Waals surface area contributed by atoms with E-state index in [0.717, 1.165) is 12.2 Å². The van der Waals surface area contributed by atoms with E-state index in [-0.39, 0.29) is 12.1 Å². The van der Waals surface area contributed by atoms with Gasteiger partial charge in [-0.25, -0.2) is 8.78 Å². The zero-order chi connectivity index (χ0) is 16.0. The fraction of sp³-hybridized carbons (Fsp3) is 0.647. The third-order valence-electron chi connectivity index (χ3n) is 3.47. The van der Waals surface area contributed by atoms with Crippen LogP contribution in [-0.4, -0.2) is 36.6 Å². The topological polar surface area (TPSA) is 12.5 Å². The van der Waals surface area contributed by atoms with E-state index in [9.17, 15) is 8.78 Å². The van der Waals surface area contributed by atoms with Crippen LogP contribution in [0.4, 0.5) is 8.78 Å². The molecule has 1 aromatic rings. The Bertz CT molecular complexity index is 442. The number of hydrogen-bond donors (Lipinski definition) is 0. The van der Waals surface area contributed by atoms with Gasteiger partial charge in [0, 0.05) is 19.5 Å². The Morgan fingerprint density at radius 2 is 1.81 bits per heavy atom. The molecule has 4 heteroatoms. The minimum absolute atomic E-state index is 0.138. The van der Waals surface area contributed by atoms with Crippen LogP contribution in [0.5, 0.6) is 5.75 Å². The highest BCUT2D eigenvalue weighted by Crippen LogP contribution is 2.40. The van der Waals surface area contributed by atoms with Gasteiger partial charge in [0.25, 0.3) is 6.43 Å². The highest BCUT2D eigenvalue weighted by atomic mass is 19.3. The monoisotopic (exact) mass is 299 g/mol. The van der Waals surface area contributed by atoms with Crippen molar-refractivity contribution in [2.45, 2.75) is 53.1 Å². The number of benzene rings is 1. The Morgan fingerprint density at radius 1 is 1.19 bits per heavy atom. The van der Waals surface area contributed by atoms with Gasteiger partial charge < -0.3 is 4.74 Å². The molecule has 1 fully saturated rings. The van der Waals surface area contributed by atoms with Crippen molar-refractivity contribution in [2.75, 3.05) is 19.6 Å². The molecule has 0 saturated carbocycles. The molecular formula is C17H27F2NO. The Morgan fingerprint density at radius 3 is 2.38 bits per heavy atom. The van der Waals surface area contributed by atoms with Crippen molar-refractivity contribution < 1.29 is 13.5 Å². The lowest BCUT2D eigenvalue weighted by Crippen LogP contribution is -2.65. The van der Waals surface area contributed by atoms with E-state index >= 15 is 0 Å². The predicted octanol–water partition coefficient (Wildman–Crippen LogP) is 4.30. The van der Waals surface area contributed by atoms with Gasteiger partial charge in [-0.15, -0.1) is 0 Å². The summed E-state index contributed by atoms with van der Waals surface area (Å²) in [6, 6.07) is 6.13. The Hall–Kier alpha value is -1.16. The van der Waals surface area contributed by atoms with E-state index in [0.29, 0.717) is 13.1 Å². The van der Waals surface area contributed by atoms with Crippen LogP contribution in [0.15, 0.2) is 18.2 Å². The van der Waals surface area contributed by atoms with E-state index in [4.69, 9.17) is 4.74 Å². The highest BCUT2D eigenvalue weighted by Gasteiger charge is 2.49. The summed E-state index contributed by atoms with van der Waals surface area (Å²) in [5, 5.41) is 0. The van der Waals surface area contributed by atoms with Gasteiger partial charge >= 0.3 is 0 Å². The number of alkyl halides is 2. The quantitative estimate of drug-likeness (QED) is 0.807. The van der Waals surface area contributed by atoms with Crippen molar-refractivity contribution >= 4 is 0 Å². The van der Waals surface area contributed by atoms with Crippen LogP contribution in [0.3, 0.4) is 0 Å². The molecule has 2 heterocycles. The molecule has 1 aromatic carbocycles. The lowest BCUT2D eigenvalue weighted by molar-refractivity contribution is -0.0811. The summed E-state index contributed by atoms with van der Waals surface area (Å²) in [4.78, 5) is 1.75. The van der Waals surface area contributed by atoms with Crippen LogP contribution in [-0.2, 0) is 6.42 Å². The maximum Gasteiger partial charge on any atom is 0.251 e. The molecule has 0 amide bonds. The standard InChI is InChI=1S/C13H15F2NO.2C2H6/c1-9-2-3-11-10(4-9)5-13(17-11)7-16(8-13)6-12(14)15;2*1-2/h2-4,12H,5-8H2,1H3;2*1-2H3. The summed E-state index contributed by atoms with van der Waals surface area (Å²) in [6.45, 7) is 11.1. The van der Waals surface area contributed by atoms with Crippen molar-refractivity contribution in [3.63, 3.8) is 0 Å². The number of rotatable bonds is 2. The molecule has 0 unspecified atom stereocenters. The third kappa shape index (κ3) is 4.16. The van der Waals surface area contributed by atoms with Crippen LogP contribution in [0.25, 0.3) is 0 Å². The van der Waals surface area contributed by atoms with Crippen molar-refractivity contribution in [1.29, 1.82) is 0 Å². The molecule has 1 saturated heterocycles. The molecule has 0 aromatic heterocycles. The summed E-state index contributed by atoms with van der Waals surface area (Å²) in [5.74, 6) is 0.923. The molecule has 0 atom stereocenters. The Labute approximate surface area is 127 Å². The van der Waals surface area contributed by atoms with Gasteiger partial charge in [-0.3, -0.25) is 4.90 Å². The molecule has 0 radical (unpaired) electrons. The van der Waals surface area contributed by atoms with E-state index in [2.05, 4.69) is 13.0 Å². The van der Waals surface area contributed by atoms with Gasteiger partial charge in [0.1, 0.15) is 11.4 Å². The minimum Gasteiger partial charge on any atom is -0.484 e. The summed E-state index contributed by atoms with van der Waals surface area (Å²) < 4.78 is 30.3. The number of hydrogen-bond acceptors (Lipinski definition) is 2. The lowest BCUT2D eigenvalue weighted by Gasteiger charge is -2.46. The van der Waals surface area contributed by atoms with Crippen molar-refractivity contribution in [3.8, 4) is 5.75 Å². The van der Waals surface area contributed by atoms with Gasteiger partial charge in [-0.1, -0.05) is 45.4 Å². The average molecular weight is 299 g/mol. The van der Waals surface area contributed by atoms with Crippen LogP contribution < -0.4 is 4.74 Å². The maximum atomic E-state index is 12.2. The normalized spacial score (nSPS) is 17.9. The third-order valence-corrected chi connectivity index (χ3v) is 3.47. The van der Waals surface area contributed by atoms with Gasteiger partial charge in [0.05, 0.1) is 6.54 Å². The lowest BCUT2D eigenvalue weighted by atomic mass is 9.89. The molecule has 0 aliphatic carbocycles. The molecular weight excluding hydrogens is 272 g/mol. The zero-order valence-corrected chi connectivity index (χ0v) is 13.7. The average Bonchev–Trinajstić information content (AvgIpc) is 2.80. The largest absolute Gasteiger partial charge is 0.484 e. The predicted molar refractivity (Wildman–Crippen MR) is 83.4 cm³/mol. The Kier molecular flexibility index (Phi) is 6.59. The fourth-order valence-electron chi connectivity index (χ4n) is 2.83. The smallest absolute Gasteiger partial charge is 0.251 e. The first-order chi connectivity index (χ1) is 10.1. The maximum absolute atomic E-state index is 12.2. The van der Waals surface area contributed by atoms with Crippen LogP contribution in [0, 0.1) is 6.92 Å². The number of ether oxygens (including phenoxy) is 1. The van der Waals surface area contributed by atoms with Crippen molar-refractivity contribution in [3.05, 3.63) is 29.3 Å². The molecule has 21 heavy (non-hydrogen) atoms. The van der Waals surface area contributed by atoms with Gasteiger partial charge in [0.2, 0.25) is 0 Å². The molecule has 0 N–H and O–H groups in total. The molecule has 3 rings (SSSR count). The second-order valence-corrected chi connectivity index (χ2v) is 5.13. The molecule has 1 spiro atoms. The highest BCUT2D eigenvalue weighted by molar-refractivity contribution is 5.43. The number of fused-ring (bicyclic) bond motifs is 1. The summed E-state index contributed by atoms with van der Waals surface area (Å²) in [5.41, 5.74) is 2.19. The second kappa shape index (κ2) is 7.74. The molecule has 2 aliphatic rings.